The third-order valence-electron chi connectivity index (χ3n) is 1.84. The molecule has 1 aromatic heterocycles. The van der Waals surface area contributed by atoms with Crippen molar-refractivity contribution in [3.8, 4) is 0 Å². The molecular weight excluding hydrogens is 214 g/mol. The van der Waals surface area contributed by atoms with Gasteiger partial charge in [-0.3, -0.25) is 10.1 Å². The Labute approximate surface area is 91.3 Å². The number of carbonyl (C=O) groups excluding carboxylic acids is 1. The van der Waals surface area contributed by atoms with Crippen molar-refractivity contribution >= 4 is 23.5 Å². The number of benzene rings is 1. The van der Waals surface area contributed by atoms with E-state index in [0.29, 0.717) is 16.5 Å². The Balaban J connectivity index is 2.11. The van der Waals surface area contributed by atoms with Crippen molar-refractivity contribution in [2.45, 2.75) is 0 Å². The summed E-state index contributed by atoms with van der Waals surface area (Å²) in [5.41, 5.74) is 0.538. The van der Waals surface area contributed by atoms with Gasteiger partial charge in [0.25, 0.3) is 5.91 Å². The summed E-state index contributed by atoms with van der Waals surface area (Å²) in [7, 11) is 0. The number of carbonyl (C=O) groups is 1. The molecule has 2 aromatic rings. The average molecular weight is 222 g/mol. The number of hydrogen-bond donors (Lipinski definition) is 2. The zero-order valence-corrected chi connectivity index (χ0v) is 8.45. The highest BCUT2D eigenvalue weighted by Gasteiger charge is 2.06. The first-order valence-electron chi connectivity index (χ1n) is 4.32. The van der Waals surface area contributed by atoms with Gasteiger partial charge in [-0.05, 0) is 24.3 Å². The van der Waals surface area contributed by atoms with Gasteiger partial charge in [0.1, 0.15) is 0 Å². The molecule has 5 heteroatoms. The molecule has 4 nitrogen and oxygen atoms in total. The molecule has 0 atom stereocenters. The van der Waals surface area contributed by atoms with Crippen LogP contribution in [0.25, 0.3) is 0 Å². The van der Waals surface area contributed by atoms with Gasteiger partial charge < -0.3 is 4.98 Å². The monoisotopic (exact) mass is 221 g/mol. The molecule has 0 saturated heterocycles. The fourth-order valence-electron chi connectivity index (χ4n) is 1.11. The Kier molecular flexibility index (Phi) is 2.69. The summed E-state index contributed by atoms with van der Waals surface area (Å²) < 4.78 is 0. The Morgan fingerprint density at radius 2 is 2.07 bits per heavy atom. The van der Waals surface area contributed by atoms with Crippen LogP contribution in [0.15, 0.2) is 36.7 Å². The summed E-state index contributed by atoms with van der Waals surface area (Å²) in [6.07, 6.45) is 3.20. The quantitative estimate of drug-likeness (QED) is 0.818. The van der Waals surface area contributed by atoms with Crippen molar-refractivity contribution in [2.75, 3.05) is 5.32 Å². The van der Waals surface area contributed by atoms with E-state index in [0.717, 1.165) is 0 Å². The van der Waals surface area contributed by atoms with E-state index >= 15 is 0 Å². The number of amides is 1. The maximum Gasteiger partial charge on any atom is 0.257 e. The van der Waals surface area contributed by atoms with Gasteiger partial charge >= 0.3 is 0 Å². The topological polar surface area (TPSA) is 57.8 Å². The van der Waals surface area contributed by atoms with Gasteiger partial charge in [0.2, 0.25) is 5.95 Å². The van der Waals surface area contributed by atoms with Crippen LogP contribution >= 0.6 is 11.6 Å². The molecule has 76 valence electrons. The van der Waals surface area contributed by atoms with E-state index < -0.39 is 0 Å². The van der Waals surface area contributed by atoms with Gasteiger partial charge in [0.05, 0.1) is 0 Å². The van der Waals surface area contributed by atoms with Crippen LogP contribution < -0.4 is 5.32 Å². The Hall–Kier alpha value is -1.81. The number of imidazole rings is 1. The van der Waals surface area contributed by atoms with Gasteiger partial charge in [-0.25, -0.2) is 4.98 Å². The van der Waals surface area contributed by atoms with Crippen LogP contribution in [0.1, 0.15) is 10.4 Å². The summed E-state index contributed by atoms with van der Waals surface area (Å²) >= 11 is 5.71. The molecule has 1 aromatic carbocycles. The van der Waals surface area contributed by atoms with Gasteiger partial charge in [0.15, 0.2) is 0 Å². The van der Waals surface area contributed by atoms with Gasteiger partial charge in [-0.15, -0.1) is 0 Å². The molecule has 0 unspecified atom stereocenters. The molecule has 0 saturated carbocycles. The maximum atomic E-state index is 11.6. The predicted octanol–water partition coefficient (Wildman–Crippen LogP) is 2.32. The van der Waals surface area contributed by atoms with E-state index in [-0.39, 0.29) is 5.91 Å². The summed E-state index contributed by atoms with van der Waals surface area (Å²) in [5, 5.41) is 3.21. The molecule has 15 heavy (non-hydrogen) atoms. The third-order valence-corrected chi connectivity index (χ3v) is 2.09. The third kappa shape index (κ3) is 2.35. The molecule has 0 bridgehead atoms. The number of halogens is 1. The van der Waals surface area contributed by atoms with Crippen LogP contribution in [0.3, 0.4) is 0 Å². The zero-order chi connectivity index (χ0) is 10.7. The molecule has 2 rings (SSSR count). The first-order chi connectivity index (χ1) is 7.25. The minimum Gasteiger partial charge on any atom is -0.331 e. The lowest BCUT2D eigenvalue weighted by Crippen LogP contribution is -2.12. The van der Waals surface area contributed by atoms with E-state index in [1.807, 2.05) is 0 Å². The maximum absolute atomic E-state index is 11.6. The van der Waals surface area contributed by atoms with E-state index in [9.17, 15) is 4.79 Å². The van der Waals surface area contributed by atoms with Crippen LogP contribution in [-0.4, -0.2) is 15.9 Å². The second-order valence-corrected chi connectivity index (χ2v) is 3.34. The van der Waals surface area contributed by atoms with Gasteiger partial charge in [-0.2, -0.15) is 0 Å². The Bertz CT molecular complexity index is 450. The zero-order valence-electron chi connectivity index (χ0n) is 7.70. The number of aromatic nitrogens is 2. The van der Waals surface area contributed by atoms with Crippen molar-refractivity contribution < 1.29 is 4.79 Å². The smallest absolute Gasteiger partial charge is 0.257 e. The fourth-order valence-corrected chi connectivity index (χ4v) is 1.24. The highest BCUT2D eigenvalue weighted by atomic mass is 35.5. The first-order valence-corrected chi connectivity index (χ1v) is 4.70. The van der Waals surface area contributed by atoms with Crippen molar-refractivity contribution in [2.24, 2.45) is 0 Å². The van der Waals surface area contributed by atoms with Crippen LogP contribution in [0, 0.1) is 0 Å². The number of rotatable bonds is 2. The molecule has 1 heterocycles. The molecule has 0 fully saturated rings. The number of nitrogens with one attached hydrogen (secondary N) is 2. The molecule has 0 aliphatic rings. The molecule has 2 N–H and O–H groups in total. The molecular formula is C10H8ClN3O. The van der Waals surface area contributed by atoms with Crippen molar-refractivity contribution in [1.29, 1.82) is 0 Å². The van der Waals surface area contributed by atoms with E-state index in [2.05, 4.69) is 15.3 Å². The minimum absolute atomic E-state index is 0.221. The highest BCUT2D eigenvalue weighted by Crippen LogP contribution is 2.10. The Morgan fingerprint density at radius 3 is 2.67 bits per heavy atom. The lowest BCUT2D eigenvalue weighted by molar-refractivity contribution is 0.102. The lowest BCUT2D eigenvalue weighted by Gasteiger charge is -2.01. The normalized spacial score (nSPS) is 9.93. The van der Waals surface area contributed by atoms with E-state index in [1.54, 1.807) is 36.7 Å². The molecule has 0 spiro atoms. The van der Waals surface area contributed by atoms with E-state index in [4.69, 9.17) is 11.6 Å². The van der Waals surface area contributed by atoms with Crippen LogP contribution in [-0.2, 0) is 0 Å². The standard InChI is InChI=1S/C10H8ClN3O/c11-8-3-1-7(2-4-8)9(15)14-10-12-5-6-13-10/h1-6H,(H2,12,13,14,15). The number of nitrogens with zero attached hydrogens (tertiary/aromatic N) is 1. The highest BCUT2D eigenvalue weighted by molar-refractivity contribution is 6.30. The minimum atomic E-state index is -0.221. The second-order valence-electron chi connectivity index (χ2n) is 2.90. The first kappa shape index (κ1) is 9.73. The molecule has 1 amide bonds. The predicted molar refractivity (Wildman–Crippen MR) is 58.0 cm³/mol. The van der Waals surface area contributed by atoms with E-state index in [1.165, 1.54) is 0 Å². The summed E-state index contributed by atoms with van der Waals surface area (Å²) in [5.74, 6) is 0.205. The number of H-pyrrole nitrogens is 1. The largest absolute Gasteiger partial charge is 0.331 e. The summed E-state index contributed by atoms with van der Waals surface area (Å²) in [4.78, 5) is 18.3. The number of hydrogen-bond acceptors (Lipinski definition) is 2. The van der Waals surface area contributed by atoms with Crippen molar-refractivity contribution in [3.63, 3.8) is 0 Å². The summed E-state index contributed by atoms with van der Waals surface area (Å²) in [6.45, 7) is 0. The van der Waals surface area contributed by atoms with Crippen molar-refractivity contribution in [1.82, 2.24) is 9.97 Å². The lowest BCUT2D eigenvalue weighted by atomic mass is 10.2. The van der Waals surface area contributed by atoms with Gasteiger partial charge in [0, 0.05) is 23.0 Å². The van der Waals surface area contributed by atoms with Crippen LogP contribution in [0.2, 0.25) is 5.02 Å². The Morgan fingerprint density at radius 1 is 1.33 bits per heavy atom. The molecule has 0 radical (unpaired) electrons. The molecule has 0 aliphatic heterocycles. The molecule has 0 aliphatic carbocycles. The van der Waals surface area contributed by atoms with Crippen molar-refractivity contribution in [3.05, 3.63) is 47.2 Å². The number of aromatic amines is 1. The van der Waals surface area contributed by atoms with Crippen LogP contribution in [0.4, 0.5) is 5.95 Å². The SMILES string of the molecule is O=C(Nc1ncc[nH]1)c1ccc(Cl)cc1. The average Bonchev–Trinajstić information content (AvgIpc) is 2.71. The van der Waals surface area contributed by atoms with Crippen LogP contribution in [0.5, 0.6) is 0 Å². The second kappa shape index (κ2) is 4.14. The fraction of sp³-hybridized carbons (Fsp3) is 0. The number of anilines is 1. The van der Waals surface area contributed by atoms with Gasteiger partial charge in [-0.1, -0.05) is 11.6 Å². The summed E-state index contributed by atoms with van der Waals surface area (Å²) in [6, 6.07) is 6.64.